The summed E-state index contributed by atoms with van der Waals surface area (Å²) in [6.45, 7) is 0.812. The molecule has 0 heterocycles. The van der Waals surface area contributed by atoms with Gasteiger partial charge in [0.2, 0.25) is 5.85 Å². The summed E-state index contributed by atoms with van der Waals surface area (Å²) in [7, 11) is -2.15. The van der Waals surface area contributed by atoms with Crippen LogP contribution in [0.2, 0.25) is 0 Å². The van der Waals surface area contributed by atoms with Crippen LogP contribution < -0.4 is 0 Å². The molecule has 228 valence electrons. The van der Waals surface area contributed by atoms with Crippen molar-refractivity contribution in [3.63, 3.8) is 0 Å². The molecule has 4 atom stereocenters. The summed E-state index contributed by atoms with van der Waals surface area (Å²) in [5.74, 6) is -6.81. The second kappa shape index (κ2) is 12.9. The molecule has 0 aliphatic carbocycles. The number of carbonyl (C=O) groups excluding carboxylic acids is 2. The van der Waals surface area contributed by atoms with Crippen molar-refractivity contribution in [2.24, 2.45) is 0 Å². The van der Waals surface area contributed by atoms with E-state index in [1.54, 1.807) is 0 Å². The topological polar surface area (TPSA) is 107 Å². The van der Waals surface area contributed by atoms with Crippen molar-refractivity contribution in [1.82, 2.24) is 0 Å². The van der Waals surface area contributed by atoms with E-state index < -0.39 is 66.2 Å². The van der Waals surface area contributed by atoms with Crippen molar-refractivity contribution in [3.05, 3.63) is 71.8 Å². The van der Waals surface area contributed by atoms with Crippen molar-refractivity contribution in [2.45, 2.75) is 42.4 Å². The van der Waals surface area contributed by atoms with Crippen LogP contribution in [0.25, 0.3) is 0 Å². The molecule has 2 aromatic rings. The summed E-state index contributed by atoms with van der Waals surface area (Å²) in [4.78, 5) is 26.3. The summed E-state index contributed by atoms with van der Waals surface area (Å²) in [6.07, 6.45) is -13.0. The molecule has 0 fully saturated rings. The maximum atomic E-state index is 14.4. The second-order valence-electron chi connectivity index (χ2n) is 8.31. The van der Waals surface area contributed by atoms with Gasteiger partial charge in [-0.15, -0.1) is 0 Å². The minimum atomic E-state index is -5.47. The van der Waals surface area contributed by atoms with Crippen LogP contribution in [-0.4, -0.2) is 64.7 Å². The molecule has 0 spiro atoms. The number of esters is 2. The number of halogens is 6. The molecule has 0 amide bonds. The van der Waals surface area contributed by atoms with E-state index in [9.17, 15) is 40.5 Å². The average Bonchev–Trinajstić information content (AvgIpc) is 2.92. The van der Waals surface area contributed by atoms with Crippen LogP contribution in [0, 0.1) is 0 Å². The molecule has 0 unspecified atom stereocenters. The summed E-state index contributed by atoms with van der Waals surface area (Å²) in [6, 6.07) is 11.1. The Hall–Kier alpha value is -2.97. The van der Waals surface area contributed by atoms with E-state index >= 15 is 0 Å². The number of benzene rings is 2. The number of ether oxygens (including phenoxy) is 4. The van der Waals surface area contributed by atoms with Gasteiger partial charge in [-0.25, -0.2) is 9.59 Å². The number of alkyl halides is 6. The zero-order valence-electron chi connectivity index (χ0n) is 22.3. The Kier molecular flexibility index (Phi) is 10.8. The lowest BCUT2D eigenvalue weighted by molar-refractivity contribution is -0.283. The fourth-order valence-electron chi connectivity index (χ4n) is 3.98. The first-order valence-electron chi connectivity index (χ1n) is 11.5. The minimum absolute atomic E-state index is 0.558. The number of methoxy groups -OCH3 is 2. The highest BCUT2D eigenvalue weighted by Gasteiger charge is 2.67. The molecule has 0 bridgehead atoms. The van der Waals surface area contributed by atoms with E-state index in [0.29, 0.717) is 14.2 Å². The molecule has 0 saturated carbocycles. The maximum Gasteiger partial charge on any atom is 0.432 e. The standard InChI is InChI=1S/C25H27F6O9P/c1-16(39-20(32)22(35-2,24(26,27)28)17-12-8-6-9-13-17)19(41(34,37-4)38-5)40-21(33)23(36-3,25(29,30)31)18-14-10-7-11-15-18/h6-16,19H,1-5H3/t16-,19-,22-,23-/m1/s1. The molecule has 2 aromatic carbocycles. The summed E-state index contributed by atoms with van der Waals surface area (Å²) in [5, 5.41) is 0. The fourth-order valence-corrected chi connectivity index (χ4v) is 5.34. The molecule has 16 heteroatoms. The first kappa shape index (κ1) is 34.2. The highest BCUT2D eigenvalue weighted by molar-refractivity contribution is 7.54. The number of hydrogen-bond donors (Lipinski definition) is 0. The van der Waals surface area contributed by atoms with Crippen LogP contribution in [0.15, 0.2) is 60.7 Å². The summed E-state index contributed by atoms with van der Waals surface area (Å²) < 4.78 is 128. The Bertz CT molecular complexity index is 1220. The van der Waals surface area contributed by atoms with E-state index in [4.69, 9.17) is 18.5 Å². The monoisotopic (exact) mass is 616 g/mol. The Morgan fingerprint density at radius 2 is 1.00 bits per heavy atom. The molecule has 0 radical (unpaired) electrons. The van der Waals surface area contributed by atoms with Crippen LogP contribution in [-0.2, 0) is 53.4 Å². The van der Waals surface area contributed by atoms with Crippen molar-refractivity contribution >= 4 is 19.5 Å². The van der Waals surface area contributed by atoms with Gasteiger partial charge in [0.05, 0.1) is 0 Å². The predicted molar refractivity (Wildman–Crippen MR) is 129 cm³/mol. The van der Waals surface area contributed by atoms with E-state index in [2.05, 4.69) is 9.47 Å². The van der Waals surface area contributed by atoms with E-state index in [1.807, 2.05) is 0 Å². The third kappa shape index (κ3) is 6.28. The molecule has 0 N–H and O–H groups in total. The molecule has 0 aliphatic rings. The molecule has 2 rings (SSSR count). The summed E-state index contributed by atoms with van der Waals surface area (Å²) >= 11 is 0. The van der Waals surface area contributed by atoms with Crippen molar-refractivity contribution in [1.29, 1.82) is 0 Å². The van der Waals surface area contributed by atoms with Crippen LogP contribution >= 0.6 is 7.60 Å². The summed E-state index contributed by atoms with van der Waals surface area (Å²) in [5.41, 5.74) is -8.97. The Labute approximate surface area is 231 Å². The van der Waals surface area contributed by atoms with Crippen LogP contribution in [0.1, 0.15) is 18.1 Å². The molecular weight excluding hydrogens is 589 g/mol. The molecule has 41 heavy (non-hydrogen) atoms. The maximum absolute atomic E-state index is 14.4. The Balaban J connectivity index is 2.62. The van der Waals surface area contributed by atoms with Gasteiger partial charge in [0.25, 0.3) is 11.2 Å². The molecule has 0 aliphatic heterocycles. The predicted octanol–water partition coefficient (Wildman–Crippen LogP) is 5.48. The number of rotatable bonds is 12. The highest BCUT2D eigenvalue weighted by atomic mass is 31.2. The highest BCUT2D eigenvalue weighted by Crippen LogP contribution is 2.55. The molecule has 9 nitrogen and oxygen atoms in total. The van der Waals surface area contributed by atoms with Crippen molar-refractivity contribution in [2.75, 3.05) is 28.4 Å². The number of carbonyl (C=O) groups is 2. The molecule has 0 saturated heterocycles. The van der Waals surface area contributed by atoms with Gasteiger partial charge in [0.1, 0.15) is 6.10 Å². The van der Waals surface area contributed by atoms with Crippen molar-refractivity contribution < 1.29 is 68.5 Å². The van der Waals surface area contributed by atoms with Gasteiger partial charge in [0, 0.05) is 39.6 Å². The quantitative estimate of drug-likeness (QED) is 0.174. The zero-order valence-corrected chi connectivity index (χ0v) is 23.2. The van der Waals surface area contributed by atoms with E-state index in [-0.39, 0.29) is 0 Å². The van der Waals surface area contributed by atoms with Gasteiger partial charge in [-0.05, 0) is 6.92 Å². The van der Waals surface area contributed by atoms with Gasteiger partial charge in [0.15, 0.2) is 0 Å². The fraction of sp³-hybridized carbons (Fsp3) is 0.440. The SMILES string of the molecule is CO[C@@](C(=O)O[C@H](C)[C@H](OC(=O)[C@](OC)(c1ccccc1)C(F)(F)F)P(=O)(OC)OC)(c1ccccc1)C(F)(F)F. The van der Waals surface area contributed by atoms with Gasteiger partial charge >= 0.3 is 31.9 Å². The normalized spacial score (nSPS) is 17.0. The van der Waals surface area contributed by atoms with Crippen molar-refractivity contribution in [3.8, 4) is 0 Å². The van der Waals surface area contributed by atoms with Gasteiger partial charge in [-0.3, -0.25) is 4.57 Å². The van der Waals surface area contributed by atoms with E-state index in [0.717, 1.165) is 45.4 Å². The van der Waals surface area contributed by atoms with Gasteiger partial charge in [-0.2, -0.15) is 26.3 Å². The second-order valence-corrected chi connectivity index (χ2v) is 10.6. The lowest BCUT2D eigenvalue weighted by atomic mass is 9.92. The Morgan fingerprint density at radius 3 is 1.29 bits per heavy atom. The largest absolute Gasteiger partial charge is 0.455 e. The van der Waals surface area contributed by atoms with Crippen LogP contribution in [0.5, 0.6) is 0 Å². The smallest absolute Gasteiger partial charge is 0.432 e. The van der Waals surface area contributed by atoms with Crippen LogP contribution in [0.3, 0.4) is 0 Å². The average molecular weight is 616 g/mol. The minimum Gasteiger partial charge on any atom is -0.455 e. The van der Waals surface area contributed by atoms with Gasteiger partial charge < -0.3 is 28.0 Å². The third-order valence-electron chi connectivity index (χ3n) is 6.09. The Morgan fingerprint density at radius 1 is 0.659 bits per heavy atom. The van der Waals surface area contributed by atoms with E-state index in [1.165, 1.54) is 36.4 Å². The van der Waals surface area contributed by atoms with Gasteiger partial charge in [-0.1, -0.05) is 60.7 Å². The number of hydrogen-bond acceptors (Lipinski definition) is 9. The molecular formula is C25H27F6O9P. The first-order valence-corrected chi connectivity index (χ1v) is 13.1. The third-order valence-corrected chi connectivity index (χ3v) is 8.26. The lowest BCUT2D eigenvalue weighted by Crippen LogP contribution is -2.55. The van der Waals surface area contributed by atoms with Crippen LogP contribution in [0.4, 0.5) is 26.3 Å². The molecule has 0 aromatic heterocycles. The lowest BCUT2D eigenvalue weighted by Gasteiger charge is -2.37. The zero-order chi connectivity index (χ0) is 31.3. The first-order chi connectivity index (χ1) is 19.0.